The van der Waals surface area contributed by atoms with E-state index in [-0.39, 0.29) is 12.3 Å². The first kappa shape index (κ1) is 22.9. The molecule has 0 radical (unpaired) electrons. The summed E-state index contributed by atoms with van der Waals surface area (Å²) in [7, 11) is -7.75. The molecule has 0 aliphatic carbocycles. The van der Waals surface area contributed by atoms with Crippen LogP contribution in [0.4, 0.5) is 0 Å². The maximum atomic E-state index is 10.3. The van der Waals surface area contributed by atoms with Crippen molar-refractivity contribution in [1.29, 1.82) is 0 Å². The van der Waals surface area contributed by atoms with Crippen LogP contribution in [0.5, 0.6) is 0 Å². The molecule has 0 amide bonds. The van der Waals surface area contributed by atoms with Crippen LogP contribution in [0.25, 0.3) is 0 Å². The van der Waals surface area contributed by atoms with Crippen molar-refractivity contribution in [2.24, 2.45) is 0 Å². The Labute approximate surface area is 124 Å². The first-order valence-electron chi connectivity index (χ1n) is 5.93. The molecule has 0 atom stereocenters. The Morgan fingerprint density at radius 2 is 1.24 bits per heavy atom. The molecule has 21 heavy (non-hydrogen) atoms. The minimum Gasteiger partial charge on any atom is -0.394 e. The maximum absolute atomic E-state index is 10.3. The van der Waals surface area contributed by atoms with E-state index in [2.05, 4.69) is 5.32 Å². The second kappa shape index (κ2) is 10.4. The molecule has 130 valence electrons. The third kappa shape index (κ3) is 14.4. The normalized spacial score (nSPS) is 12.7. The Morgan fingerprint density at radius 1 is 0.857 bits per heavy atom. The first-order valence-corrected chi connectivity index (χ1v) is 9.15. The lowest BCUT2D eigenvalue weighted by Gasteiger charge is -2.28. The van der Waals surface area contributed by atoms with E-state index < -0.39 is 51.3 Å². The fourth-order valence-corrected chi connectivity index (χ4v) is 1.90. The van der Waals surface area contributed by atoms with Crippen LogP contribution < -0.4 is 5.32 Å². The summed E-state index contributed by atoms with van der Waals surface area (Å²) >= 11 is 0. The average molecular weight is 353 g/mol. The zero-order valence-corrected chi connectivity index (χ0v) is 13.3. The highest BCUT2D eigenvalue weighted by Gasteiger charge is 2.27. The van der Waals surface area contributed by atoms with E-state index in [0.717, 1.165) is 0 Å². The molecule has 12 heteroatoms. The van der Waals surface area contributed by atoms with Crippen LogP contribution in [-0.4, -0.2) is 84.7 Å². The molecule has 0 saturated carbocycles. The van der Waals surface area contributed by atoms with Crippen LogP contribution in [0.3, 0.4) is 0 Å². The number of rotatable bonds is 9. The van der Waals surface area contributed by atoms with Gasteiger partial charge in [-0.1, -0.05) is 6.92 Å². The zero-order valence-electron chi connectivity index (χ0n) is 11.6. The van der Waals surface area contributed by atoms with Gasteiger partial charge in [0, 0.05) is 6.54 Å². The number of aliphatic hydroxyl groups is 3. The minimum atomic E-state index is -4.08. The molecule has 0 aromatic rings. The highest BCUT2D eigenvalue weighted by Crippen LogP contribution is 2.00. The summed E-state index contributed by atoms with van der Waals surface area (Å²) in [6, 6.07) is 0. The summed E-state index contributed by atoms with van der Waals surface area (Å²) in [6.45, 7) is -0.0866. The fourth-order valence-electron chi connectivity index (χ4n) is 1.02. The third-order valence-corrected chi connectivity index (χ3v) is 3.87. The van der Waals surface area contributed by atoms with Gasteiger partial charge in [0.15, 0.2) is 0 Å². The Morgan fingerprint density at radius 3 is 1.43 bits per heavy atom. The van der Waals surface area contributed by atoms with Gasteiger partial charge in [-0.05, 0) is 6.42 Å². The summed E-state index contributed by atoms with van der Waals surface area (Å²) in [5.41, 5.74) is -1.31. The smallest absolute Gasteiger partial charge is 0.266 e. The van der Waals surface area contributed by atoms with Gasteiger partial charge in [-0.15, -0.1) is 0 Å². The Balaban J connectivity index is 0. The van der Waals surface area contributed by atoms with Gasteiger partial charge in [0.05, 0.1) is 36.9 Å². The van der Waals surface area contributed by atoms with Crippen molar-refractivity contribution in [3.05, 3.63) is 0 Å². The summed E-state index contributed by atoms with van der Waals surface area (Å²) < 4.78 is 56.6. The van der Waals surface area contributed by atoms with E-state index in [1.165, 1.54) is 0 Å². The predicted molar refractivity (Wildman–Crippen MR) is 75.1 cm³/mol. The van der Waals surface area contributed by atoms with Crippen LogP contribution in [0.15, 0.2) is 0 Å². The van der Waals surface area contributed by atoms with Gasteiger partial charge in [-0.2, -0.15) is 16.8 Å². The average Bonchev–Trinajstić information content (AvgIpc) is 2.33. The van der Waals surface area contributed by atoms with Gasteiger partial charge in [-0.3, -0.25) is 9.11 Å². The SMILES string of the molecule is CCCS(=O)(=O)O.O=S(=O)(O)CCNC(CO)(CO)CO. The Kier molecular flexibility index (Phi) is 11.4. The highest BCUT2D eigenvalue weighted by molar-refractivity contribution is 7.86. The minimum absolute atomic E-state index is 0.132. The lowest BCUT2D eigenvalue weighted by atomic mass is 10.0. The standard InChI is InChI=1S/C6H15NO6S.C3H8O3S/c8-3-6(4-9,5-10)7-1-2-14(11,12)13;1-2-3-7(4,5)6/h7-10H,1-5H2,(H,11,12,13);2-3H2,1H3,(H,4,5,6). The van der Waals surface area contributed by atoms with E-state index in [4.69, 9.17) is 24.4 Å². The maximum Gasteiger partial charge on any atom is 0.266 e. The molecule has 0 bridgehead atoms. The van der Waals surface area contributed by atoms with Crippen molar-refractivity contribution in [2.45, 2.75) is 18.9 Å². The van der Waals surface area contributed by atoms with Crippen molar-refractivity contribution < 1.29 is 41.3 Å². The summed E-state index contributed by atoms with van der Waals surface area (Å²) in [5, 5.41) is 28.9. The van der Waals surface area contributed by atoms with E-state index in [9.17, 15) is 16.8 Å². The second-order valence-corrected chi connectivity index (χ2v) is 7.40. The van der Waals surface area contributed by atoms with Crippen LogP contribution in [0, 0.1) is 0 Å². The molecule has 10 nitrogen and oxygen atoms in total. The van der Waals surface area contributed by atoms with Crippen molar-refractivity contribution in [3.8, 4) is 0 Å². The summed E-state index contributed by atoms with van der Waals surface area (Å²) in [5.74, 6) is -0.679. The lowest BCUT2D eigenvalue weighted by molar-refractivity contribution is 0.0440. The molecule has 0 rings (SSSR count). The van der Waals surface area contributed by atoms with Crippen molar-refractivity contribution in [1.82, 2.24) is 5.32 Å². The molecule has 6 N–H and O–H groups in total. The first-order chi connectivity index (χ1) is 9.45. The molecule has 0 aliphatic rings. The van der Waals surface area contributed by atoms with Crippen LogP contribution >= 0.6 is 0 Å². The van der Waals surface area contributed by atoms with Crippen LogP contribution in [-0.2, 0) is 20.2 Å². The number of hydrogen-bond donors (Lipinski definition) is 6. The monoisotopic (exact) mass is 353 g/mol. The molecular formula is C9H23NO9S2. The van der Waals surface area contributed by atoms with Gasteiger partial charge in [-0.25, -0.2) is 0 Å². The molecule has 0 aromatic heterocycles. The van der Waals surface area contributed by atoms with Crippen molar-refractivity contribution in [2.75, 3.05) is 37.9 Å². The molecule has 0 aliphatic heterocycles. The largest absolute Gasteiger partial charge is 0.394 e. The van der Waals surface area contributed by atoms with Crippen molar-refractivity contribution in [3.63, 3.8) is 0 Å². The van der Waals surface area contributed by atoms with E-state index >= 15 is 0 Å². The Hall–Kier alpha value is -0.340. The van der Waals surface area contributed by atoms with Gasteiger partial charge in [0.2, 0.25) is 0 Å². The van der Waals surface area contributed by atoms with Gasteiger partial charge < -0.3 is 20.6 Å². The van der Waals surface area contributed by atoms with Gasteiger partial charge in [0.25, 0.3) is 20.2 Å². The molecule has 0 saturated heterocycles. The third-order valence-electron chi connectivity index (χ3n) is 2.23. The lowest BCUT2D eigenvalue weighted by Crippen LogP contribution is -2.55. The topological polar surface area (TPSA) is 181 Å². The number of nitrogens with one attached hydrogen (secondary N) is 1. The van der Waals surface area contributed by atoms with E-state index in [1.807, 2.05) is 0 Å². The van der Waals surface area contributed by atoms with Gasteiger partial charge in [0.1, 0.15) is 0 Å². The quantitative estimate of drug-likeness (QED) is 0.242. The molecule has 0 spiro atoms. The van der Waals surface area contributed by atoms with E-state index in [1.54, 1.807) is 6.92 Å². The summed E-state index contributed by atoms with van der Waals surface area (Å²) in [4.78, 5) is 0. The second-order valence-electron chi connectivity index (χ2n) is 4.25. The zero-order chi connectivity index (χ0) is 17.2. The summed E-state index contributed by atoms with van der Waals surface area (Å²) in [6.07, 6.45) is 0.471. The molecule has 0 aromatic carbocycles. The number of hydrogen-bond acceptors (Lipinski definition) is 8. The van der Waals surface area contributed by atoms with Crippen LogP contribution in [0.1, 0.15) is 13.3 Å². The Bertz CT molecular complexity index is 447. The van der Waals surface area contributed by atoms with Gasteiger partial charge >= 0.3 is 0 Å². The van der Waals surface area contributed by atoms with Crippen LogP contribution in [0.2, 0.25) is 0 Å². The highest BCUT2D eigenvalue weighted by atomic mass is 32.2. The van der Waals surface area contributed by atoms with Crippen molar-refractivity contribution >= 4 is 20.2 Å². The van der Waals surface area contributed by atoms with E-state index in [0.29, 0.717) is 6.42 Å². The molecule has 0 fully saturated rings. The predicted octanol–water partition coefficient (Wildman–Crippen LogP) is -2.54. The molecule has 0 heterocycles. The fraction of sp³-hybridized carbons (Fsp3) is 1.00. The number of aliphatic hydroxyl groups excluding tert-OH is 3. The molecule has 0 unspecified atom stereocenters. The molecular weight excluding hydrogens is 330 g/mol.